The minimum Gasteiger partial charge on any atom is -0.394 e. The second kappa shape index (κ2) is 7.07. The fourth-order valence-corrected chi connectivity index (χ4v) is 3.36. The van der Waals surface area contributed by atoms with Crippen LogP contribution < -0.4 is 16.0 Å². The van der Waals surface area contributed by atoms with Gasteiger partial charge in [-0.2, -0.15) is 0 Å². The highest BCUT2D eigenvalue weighted by molar-refractivity contribution is 6.35. The molecule has 1 aromatic carbocycles. The van der Waals surface area contributed by atoms with Crippen molar-refractivity contribution in [3.63, 3.8) is 0 Å². The summed E-state index contributed by atoms with van der Waals surface area (Å²) < 4.78 is 0. The van der Waals surface area contributed by atoms with Gasteiger partial charge in [0.2, 0.25) is 11.8 Å². The predicted octanol–water partition coefficient (Wildman–Crippen LogP) is 0.575. The third-order valence-electron chi connectivity index (χ3n) is 4.20. The summed E-state index contributed by atoms with van der Waals surface area (Å²) in [6.45, 7) is -0.260. The zero-order chi connectivity index (χ0) is 18.1. The van der Waals surface area contributed by atoms with Gasteiger partial charge in [0.05, 0.1) is 23.4 Å². The first-order valence-corrected chi connectivity index (χ1v) is 8.39. The Bertz CT molecular complexity index is 729. The van der Waals surface area contributed by atoms with Crippen LogP contribution in [0.5, 0.6) is 0 Å². The predicted molar refractivity (Wildman–Crippen MR) is 91.5 cm³/mol. The van der Waals surface area contributed by atoms with Gasteiger partial charge in [-0.25, -0.2) is 4.79 Å². The molecule has 25 heavy (non-hydrogen) atoms. The van der Waals surface area contributed by atoms with Gasteiger partial charge in [0.1, 0.15) is 12.1 Å². The second-order valence-corrected chi connectivity index (χ2v) is 6.75. The topological polar surface area (TPSA) is 111 Å². The van der Waals surface area contributed by atoms with Gasteiger partial charge >= 0.3 is 6.03 Å². The summed E-state index contributed by atoms with van der Waals surface area (Å²) in [6, 6.07) is 2.20. The Labute approximate surface area is 153 Å². The molecule has 2 heterocycles. The van der Waals surface area contributed by atoms with Gasteiger partial charge in [0.15, 0.2) is 0 Å². The maximum Gasteiger partial charge on any atom is 0.319 e. The average molecular weight is 387 g/mol. The number of piperazine rings is 1. The van der Waals surface area contributed by atoms with Crippen LogP contribution in [-0.2, 0) is 9.59 Å². The fourth-order valence-electron chi connectivity index (χ4n) is 3.02. The van der Waals surface area contributed by atoms with E-state index >= 15 is 0 Å². The highest BCUT2D eigenvalue weighted by atomic mass is 35.5. The summed E-state index contributed by atoms with van der Waals surface area (Å²) in [5.41, 5.74) is 0.358. The summed E-state index contributed by atoms with van der Waals surface area (Å²) >= 11 is 11.9. The Morgan fingerprint density at radius 3 is 2.84 bits per heavy atom. The van der Waals surface area contributed by atoms with Crippen molar-refractivity contribution in [1.29, 1.82) is 0 Å². The molecule has 4 amide bonds. The van der Waals surface area contributed by atoms with E-state index in [2.05, 4.69) is 16.0 Å². The minimum absolute atomic E-state index is 0.199. The van der Waals surface area contributed by atoms with Crippen LogP contribution in [-0.4, -0.2) is 59.1 Å². The lowest BCUT2D eigenvalue weighted by Crippen LogP contribution is -2.62. The highest BCUT2D eigenvalue weighted by Gasteiger charge is 2.46. The zero-order valence-corrected chi connectivity index (χ0v) is 14.5. The molecule has 2 aliphatic rings. The number of carbonyl (C=O) groups excluding carboxylic acids is 3. The first-order valence-electron chi connectivity index (χ1n) is 7.63. The maximum atomic E-state index is 12.2. The van der Waals surface area contributed by atoms with E-state index in [1.54, 1.807) is 12.1 Å². The van der Waals surface area contributed by atoms with Crippen LogP contribution in [0.2, 0.25) is 10.0 Å². The zero-order valence-electron chi connectivity index (χ0n) is 13.0. The number of nitrogens with zero attached hydrogens (tertiary/aromatic N) is 1. The number of urea groups is 1. The molecular weight excluding hydrogens is 371 g/mol. The lowest BCUT2D eigenvalue weighted by molar-refractivity contribution is -0.148. The molecule has 0 saturated carbocycles. The van der Waals surface area contributed by atoms with Crippen LogP contribution in [0.25, 0.3) is 0 Å². The number of halogens is 2. The molecule has 2 aliphatic heterocycles. The van der Waals surface area contributed by atoms with Gasteiger partial charge in [0, 0.05) is 11.6 Å². The van der Waals surface area contributed by atoms with Crippen molar-refractivity contribution in [3.05, 3.63) is 28.2 Å². The Balaban J connectivity index is 1.63. The van der Waals surface area contributed by atoms with Crippen molar-refractivity contribution < 1.29 is 19.5 Å². The fraction of sp³-hybridized carbons (Fsp3) is 0.400. The van der Waals surface area contributed by atoms with E-state index in [-0.39, 0.29) is 18.4 Å². The van der Waals surface area contributed by atoms with Crippen LogP contribution in [0.3, 0.4) is 0 Å². The van der Waals surface area contributed by atoms with E-state index in [1.807, 2.05) is 0 Å². The van der Waals surface area contributed by atoms with E-state index in [0.717, 1.165) is 0 Å². The standard InChI is InChI=1S/C15H16Cl2N4O4/c16-7-1-2-9(17)10(3-7)20-15(25)18-8-4-12-13(23)19-11(6-22)14(24)21(12)5-8/h1-3,8,11-12,22H,4-6H2,(H,19,23)(H2,18,20,25)/t8-,11-,12-/m0/s1. The molecule has 8 nitrogen and oxygen atoms in total. The van der Waals surface area contributed by atoms with E-state index in [1.165, 1.54) is 11.0 Å². The molecule has 0 aliphatic carbocycles. The normalized spacial score (nSPS) is 25.4. The molecule has 3 atom stereocenters. The average Bonchev–Trinajstić information content (AvgIpc) is 2.98. The summed E-state index contributed by atoms with van der Waals surface area (Å²) in [6.07, 6.45) is 0.298. The molecule has 0 radical (unpaired) electrons. The second-order valence-electron chi connectivity index (χ2n) is 5.91. The van der Waals surface area contributed by atoms with Gasteiger partial charge in [-0.3, -0.25) is 9.59 Å². The maximum absolute atomic E-state index is 12.2. The number of nitrogens with one attached hydrogen (secondary N) is 3. The van der Waals surface area contributed by atoms with E-state index < -0.39 is 30.8 Å². The van der Waals surface area contributed by atoms with Gasteiger partial charge in [-0.05, 0) is 24.6 Å². The van der Waals surface area contributed by atoms with Gasteiger partial charge in [-0.15, -0.1) is 0 Å². The van der Waals surface area contributed by atoms with Crippen LogP contribution in [0, 0.1) is 0 Å². The number of fused-ring (bicyclic) bond motifs is 1. The number of hydrogen-bond acceptors (Lipinski definition) is 4. The van der Waals surface area contributed by atoms with Crippen molar-refractivity contribution in [3.8, 4) is 0 Å². The summed E-state index contributed by atoms with van der Waals surface area (Å²) in [5, 5.41) is 17.7. The molecule has 3 rings (SSSR count). The first-order chi connectivity index (χ1) is 11.9. The third-order valence-corrected chi connectivity index (χ3v) is 4.76. The Morgan fingerprint density at radius 2 is 2.12 bits per heavy atom. The molecule has 4 N–H and O–H groups in total. The van der Waals surface area contributed by atoms with Gasteiger partial charge in [-0.1, -0.05) is 23.2 Å². The quantitative estimate of drug-likeness (QED) is 0.608. The monoisotopic (exact) mass is 386 g/mol. The smallest absolute Gasteiger partial charge is 0.319 e. The van der Waals surface area contributed by atoms with E-state index in [4.69, 9.17) is 28.3 Å². The van der Waals surface area contributed by atoms with Gasteiger partial charge in [0.25, 0.3) is 0 Å². The van der Waals surface area contributed by atoms with Gasteiger partial charge < -0.3 is 26.0 Å². The lowest BCUT2D eigenvalue weighted by atomic mass is 10.1. The Kier molecular flexibility index (Phi) is 5.03. The summed E-state index contributed by atoms with van der Waals surface area (Å²) in [5.74, 6) is -0.684. The molecule has 134 valence electrons. The number of anilines is 1. The molecule has 0 spiro atoms. The van der Waals surface area contributed by atoms with Crippen molar-refractivity contribution in [2.45, 2.75) is 24.5 Å². The summed E-state index contributed by atoms with van der Waals surface area (Å²) in [7, 11) is 0. The number of carbonyl (C=O) groups is 3. The molecular formula is C15H16Cl2N4O4. The highest BCUT2D eigenvalue weighted by Crippen LogP contribution is 2.26. The SMILES string of the molecule is O=C(Nc1cc(Cl)ccc1Cl)N[C@H]1C[C@H]2C(=O)N[C@@H](CO)C(=O)N2C1. The third kappa shape index (κ3) is 3.65. The Morgan fingerprint density at radius 1 is 1.36 bits per heavy atom. The molecule has 0 unspecified atom stereocenters. The lowest BCUT2D eigenvalue weighted by Gasteiger charge is -2.33. The number of benzene rings is 1. The largest absolute Gasteiger partial charge is 0.394 e. The van der Waals surface area contributed by atoms with Crippen molar-refractivity contribution in [2.75, 3.05) is 18.5 Å². The van der Waals surface area contributed by atoms with Crippen molar-refractivity contribution >= 4 is 46.7 Å². The van der Waals surface area contributed by atoms with Crippen LogP contribution >= 0.6 is 23.2 Å². The van der Waals surface area contributed by atoms with Crippen molar-refractivity contribution in [1.82, 2.24) is 15.5 Å². The van der Waals surface area contributed by atoms with E-state index in [9.17, 15) is 14.4 Å². The molecule has 0 bridgehead atoms. The van der Waals surface area contributed by atoms with E-state index in [0.29, 0.717) is 22.2 Å². The Hall–Kier alpha value is -2.03. The number of aliphatic hydroxyl groups is 1. The molecule has 2 fully saturated rings. The number of amides is 4. The first kappa shape index (κ1) is 17.8. The molecule has 2 saturated heterocycles. The molecule has 10 heteroatoms. The van der Waals surface area contributed by atoms with Crippen LogP contribution in [0.4, 0.5) is 10.5 Å². The van der Waals surface area contributed by atoms with Crippen LogP contribution in [0.15, 0.2) is 18.2 Å². The number of aliphatic hydroxyl groups excluding tert-OH is 1. The van der Waals surface area contributed by atoms with Crippen molar-refractivity contribution in [2.24, 2.45) is 0 Å². The number of rotatable bonds is 3. The summed E-state index contributed by atoms with van der Waals surface area (Å²) in [4.78, 5) is 37.7. The molecule has 1 aromatic rings. The minimum atomic E-state index is -0.929. The van der Waals surface area contributed by atoms with Crippen LogP contribution in [0.1, 0.15) is 6.42 Å². The molecule has 0 aromatic heterocycles. The number of hydrogen-bond donors (Lipinski definition) is 4.